The maximum atomic E-state index is 12.3. The Kier molecular flexibility index (Phi) is 4.54. The standard InChI is InChI=1S/C17H22N2O3/c1-6-22-16(20)14-12(5)18-17(21)19-15(14)13-10(3)7-9(2)8-11(13)4/h7-8,15H,6H2,1-5H3,(H2,18,19,21)/t15-/m1/s1. The number of urea groups is 1. The van der Waals surface area contributed by atoms with Gasteiger partial charge in [0.05, 0.1) is 18.2 Å². The van der Waals surface area contributed by atoms with E-state index in [9.17, 15) is 9.59 Å². The average molecular weight is 302 g/mol. The lowest BCUT2D eigenvalue weighted by molar-refractivity contribution is -0.139. The van der Waals surface area contributed by atoms with Gasteiger partial charge in [-0.05, 0) is 51.3 Å². The SMILES string of the molecule is CCOC(=O)C1=C(C)NC(=O)N[C@@H]1c1c(C)cc(C)cc1C. The van der Waals surface area contributed by atoms with Crippen molar-refractivity contribution in [1.29, 1.82) is 0 Å². The second-order valence-corrected chi connectivity index (χ2v) is 5.60. The molecule has 5 heteroatoms. The Hall–Kier alpha value is -2.30. The highest BCUT2D eigenvalue weighted by Crippen LogP contribution is 2.32. The Morgan fingerprint density at radius 1 is 1.18 bits per heavy atom. The van der Waals surface area contributed by atoms with Crippen LogP contribution in [-0.4, -0.2) is 18.6 Å². The quantitative estimate of drug-likeness (QED) is 0.844. The van der Waals surface area contributed by atoms with Gasteiger partial charge >= 0.3 is 12.0 Å². The summed E-state index contributed by atoms with van der Waals surface area (Å²) in [5.74, 6) is -0.406. The molecule has 0 saturated heterocycles. The number of esters is 1. The number of carbonyl (C=O) groups is 2. The van der Waals surface area contributed by atoms with Gasteiger partial charge in [-0.15, -0.1) is 0 Å². The molecule has 1 aromatic carbocycles. The predicted octanol–water partition coefficient (Wildman–Crippen LogP) is 2.80. The molecule has 0 unspecified atom stereocenters. The third-order valence-electron chi connectivity index (χ3n) is 3.79. The van der Waals surface area contributed by atoms with E-state index in [1.165, 1.54) is 0 Å². The molecule has 1 aliphatic rings. The minimum absolute atomic E-state index is 0.294. The minimum Gasteiger partial charge on any atom is -0.463 e. The first kappa shape index (κ1) is 16.1. The Labute approximate surface area is 130 Å². The van der Waals surface area contributed by atoms with E-state index in [0.29, 0.717) is 17.9 Å². The molecule has 1 aliphatic heterocycles. The monoisotopic (exact) mass is 302 g/mol. The summed E-state index contributed by atoms with van der Waals surface area (Å²) in [7, 11) is 0. The molecule has 5 nitrogen and oxygen atoms in total. The highest BCUT2D eigenvalue weighted by molar-refractivity contribution is 5.95. The number of hydrogen-bond acceptors (Lipinski definition) is 3. The molecule has 0 saturated carbocycles. The van der Waals surface area contributed by atoms with Crippen molar-refractivity contribution in [3.63, 3.8) is 0 Å². The predicted molar refractivity (Wildman–Crippen MR) is 84.4 cm³/mol. The summed E-state index contributed by atoms with van der Waals surface area (Å²) in [5, 5.41) is 5.49. The van der Waals surface area contributed by atoms with Gasteiger partial charge in [-0.2, -0.15) is 0 Å². The van der Waals surface area contributed by atoms with Crippen LogP contribution >= 0.6 is 0 Å². The smallest absolute Gasteiger partial charge is 0.338 e. The van der Waals surface area contributed by atoms with Crippen LogP contribution in [0.25, 0.3) is 0 Å². The number of aryl methyl sites for hydroxylation is 3. The second kappa shape index (κ2) is 6.22. The van der Waals surface area contributed by atoms with Gasteiger partial charge in [-0.1, -0.05) is 17.7 Å². The summed E-state index contributed by atoms with van der Waals surface area (Å²) < 4.78 is 5.15. The highest BCUT2D eigenvalue weighted by Gasteiger charge is 2.33. The molecule has 2 rings (SSSR count). The Balaban J connectivity index is 2.58. The molecule has 22 heavy (non-hydrogen) atoms. The van der Waals surface area contributed by atoms with Gasteiger partial charge in [0.15, 0.2) is 0 Å². The van der Waals surface area contributed by atoms with Crippen LogP contribution in [0.4, 0.5) is 4.79 Å². The number of rotatable bonds is 3. The summed E-state index contributed by atoms with van der Waals surface area (Å²) in [6.45, 7) is 9.78. The van der Waals surface area contributed by atoms with Gasteiger partial charge in [0.1, 0.15) is 0 Å². The van der Waals surface area contributed by atoms with E-state index in [0.717, 1.165) is 22.3 Å². The van der Waals surface area contributed by atoms with Gasteiger partial charge in [0, 0.05) is 5.70 Å². The van der Waals surface area contributed by atoms with E-state index in [-0.39, 0.29) is 6.03 Å². The fraction of sp³-hybridized carbons (Fsp3) is 0.412. The van der Waals surface area contributed by atoms with E-state index in [1.54, 1.807) is 13.8 Å². The number of allylic oxidation sites excluding steroid dienone is 1. The van der Waals surface area contributed by atoms with Gasteiger partial charge in [-0.3, -0.25) is 0 Å². The lowest BCUT2D eigenvalue weighted by atomic mass is 9.88. The number of ether oxygens (including phenoxy) is 1. The van der Waals surface area contributed by atoms with E-state index in [2.05, 4.69) is 22.8 Å². The molecule has 1 aromatic rings. The normalized spacial score (nSPS) is 17.9. The van der Waals surface area contributed by atoms with Gasteiger partial charge in [0.2, 0.25) is 0 Å². The van der Waals surface area contributed by atoms with Crippen LogP contribution in [0.3, 0.4) is 0 Å². The molecule has 2 N–H and O–H groups in total. The molecule has 1 atom stereocenters. The van der Waals surface area contributed by atoms with Crippen LogP contribution in [0.15, 0.2) is 23.4 Å². The number of hydrogen-bond donors (Lipinski definition) is 2. The maximum Gasteiger partial charge on any atom is 0.338 e. The lowest BCUT2D eigenvalue weighted by Crippen LogP contribution is -2.45. The van der Waals surface area contributed by atoms with E-state index in [1.807, 2.05) is 20.8 Å². The molecule has 0 bridgehead atoms. The van der Waals surface area contributed by atoms with Crippen LogP contribution in [0.2, 0.25) is 0 Å². The summed E-state index contributed by atoms with van der Waals surface area (Å²) in [6.07, 6.45) is 0. The van der Waals surface area contributed by atoms with E-state index in [4.69, 9.17) is 4.74 Å². The van der Waals surface area contributed by atoms with Crippen molar-refractivity contribution in [3.8, 4) is 0 Å². The number of nitrogens with one attached hydrogen (secondary N) is 2. The molecule has 0 aliphatic carbocycles. The molecular formula is C17H22N2O3. The van der Waals surface area contributed by atoms with Crippen LogP contribution in [0.1, 0.15) is 42.1 Å². The zero-order chi connectivity index (χ0) is 16.4. The zero-order valence-electron chi connectivity index (χ0n) is 13.7. The fourth-order valence-electron chi connectivity index (χ4n) is 3.04. The van der Waals surface area contributed by atoms with Crippen molar-refractivity contribution in [3.05, 3.63) is 45.7 Å². The molecule has 0 fully saturated rings. The van der Waals surface area contributed by atoms with Crippen molar-refractivity contribution in [2.45, 2.75) is 40.7 Å². The third kappa shape index (κ3) is 2.98. The van der Waals surface area contributed by atoms with Crippen molar-refractivity contribution in [2.24, 2.45) is 0 Å². The van der Waals surface area contributed by atoms with Gasteiger partial charge in [0.25, 0.3) is 0 Å². The number of benzene rings is 1. The maximum absolute atomic E-state index is 12.3. The third-order valence-corrected chi connectivity index (χ3v) is 3.79. The van der Waals surface area contributed by atoms with Gasteiger partial charge in [-0.25, -0.2) is 9.59 Å². The summed E-state index contributed by atoms with van der Waals surface area (Å²) in [4.78, 5) is 24.2. The largest absolute Gasteiger partial charge is 0.463 e. The first-order valence-electron chi connectivity index (χ1n) is 7.38. The molecule has 1 heterocycles. The zero-order valence-corrected chi connectivity index (χ0v) is 13.7. The summed E-state index contributed by atoms with van der Waals surface area (Å²) in [6, 6.07) is 3.30. The Bertz CT molecular complexity index is 639. The molecule has 0 spiro atoms. The number of amides is 2. The molecule has 118 valence electrons. The average Bonchev–Trinajstić information content (AvgIpc) is 2.36. The van der Waals surface area contributed by atoms with Crippen molar-refractivity contribution in [1.82, 2.24) is 10.6 Å². The summed E-state index contributed by atoms with van der Waals surface area (Å²) in [5.41, 5.74) is 5.17. The van der Waals surface area contributed by atoms with Crippen LogP contribution in [0.5, 0.6) is 0 Å². The first-order valence-corrected chi connectivity index (χ1v) is 7.38. The van der Waals surface area contributed by atoms with Crippen LogP contribution in [0, 0.1) is 20.8 Å². The van der Waals surface area contributed by atoms with Crippen molar-refractivity contribution in [2.75, 3.05) is 6.61 Å². The minimum atomic E-state index is -0.492. The van der Waals surface area contributed by atoms with Crippen LogP contribution in [-0.2, 0) is 9.53 Å². The second-order valence-electron chi connectivity index (χ2n) is 5.60. The van der Waals surface area contributed by atoms with Crippen molar-refractivity contribution < 1.29 is 14.3 Å². The molecule has 2 amide bonds. The van der Waals surface area contributed by atoms with Crippen molar-refractivity contribution >= 4 is 12.0 Å². The van der Waals surface area contributed by atoms with E-state index >= 15 is 0 Å². The lowest BCUT2D eigenvalue weighted by Gasteiger charge is -2.30. The molecule has 0 radical (unpaired) electrons. The Morgan fingerprint density at radius 2 is 1.77 bits per heavy atom. The topological polar surface area (TPSA) is 67.4 Å². The summed E-state index contributed by atoms with van der Waals surface area (Å²) >= 11 is 0. The van der Waals surface area contributed by atoms with Gasteiger partial charge < -0.3 is 15.4 Å². The first-order chi connectivity index (χ1) is 10.3. The number of carbonyl (C=O) groups excluding carboxylic acids is 2. The Morgan fingerprint density at radius 3 is 2.32 bits per heavy atom. The van der Waals surface area contributed by atoms with Crippen LogP contribution < -0.4 is 10.6 Å². The molecule has 0 aromatic heterocycles. The van der Waals surface area contributed by atoms with E-state index < -0.39 is 12.0 Å². The highest BCUT2D eigenvalue weighted by atomic mass is 16.5. The molecular weight excluding hydrogens is 280 g/mol. The fourth-order valence-corrected chi connectivity index (χ4v) is 3.04.